The zero-order chi connectivity index (χ0) is 30.0. The standard InChI is InChI=1S/C34H47N3O6/c1-24(29-21-37(2)15-14-36-29)43-28-18-25-9-6-10-30(38)34(25)27(19-28)23-42-33-20-35-13-12-32(33)41-17-7-16-40-22-26-8-4-5-11-31(26)39-3/h4-6,8-11,18-19,24,29,32-33,35-36,38H,7,12-17,20-23H2,1-3H3. The number of nitrogens with one attached hydrogen (secondary N) is 2. The first kappa shape index (κ1) is 31.5. The van der Waals surface area contributed by atoms with Crippen molar-refractivity contribution in [1.29, 1.82) is 0 Å². The van der Waals surface area contributed by atoms with E-state index in [2.05, 4.69) is 29.5 Å². The zero-order valence-electron chi connectivity index (χ0n) is 25.7. The third-order valence-electron chi connectivity index (χ3n) is 8.34. The molecule has 0 amide bonds. The summed E-state index contributed by atoms with van der Waals surface area (Å²) in [5, 5.41) is 19.5. The second-order valence-corrected chi connectivity index (χ2v) is 11.6. The molecule has 3 N–H and O–H groups in total. The zero-order valence-corrected chi connectivity index (χ0v) is 25.7. The lowest BCUT2D eigenvalue weighted by Crippen LogP contribution is -2.55. The lowest BCUT2D eigenvalue weighted by Gasteiger charge is -2.34. The van der Waals surface area contributed by atoms with Gasteiger partial charge in [0.1, 0.15) is 23.4 Å². The van der Waals surface area contributed by atoms with Gasteiger partial charge in [0.25, 0.3) is 0 Å². The number of piperazine rings is 1. The van der Waals surface area contributed by atoms with Crippen molar-refractivity contribution in [2.75, 3.05) is 60.1 Å². The van der Waals surface area contributed by atoms with Gasteiger partial charge in [-0.25, -0.2) is 0 Å². The van der Waals surface area contributed by atoms with Crippen LogP contribution in [0.15, 0.2) is 54.6 Å². The van der Waals surface area contributed by atoms with Crippen LogP contribution < -0.4 is 20.1 Å². The average Bonchev–Trinajstić information content (AvgIpc) is 3.02. The summed E-state index contributed by atoms with van der Waals surface area (Å²) < 4.78 is 30.5. The summed E-state index contributed by atoms with van der Waals surface area (Å²) in [4.78, 5) is 2.32. The third-order valence-corrected chi connectivity index (χ3v) is 8.34. The predicted molar refractivity (Wildman–Crippen MR) is 168 cm³/mol. The predicted octanol–water partition coefficient (Wildman–Crippen LogP) is 4.10. The van der Waals surface area contributed by atoms with Gasteiger partial charge in [0.2, 0.25) is 0 Å². The molecule has 4 unspecified atom stereocenters. The van der Waals surface area contributed by atoms with E-state index in [0.717, 1.165) is 72.4 Å². The summed E-state index contributed by atoms with van der Waals surface area (Å²) in [6.07, 6.45) is 1.56. The SMILES string of the molecule is COc1ccccc1COCCCOC1CCNCC1OCc1cc(OC(C)C2CN(C)CCN2)cc2cccc(O)c12. The van der Waals surface area contributed by atoms with Crippen LogP contribution in [0.3, 0.4) is 0 Å². The number of piperidine rings is 1. The van der Waals surface area contributed by atoms with E-state index in [1.54, 1.807) is 13.2 Å². The minimum Gasteiger partial charge on any atom is -0.507 e. The molecule has 9 heteroatoms. The normalized spacial score (nSPS) is 22.0. The summed E-state index contributed by atoms with van der Waals surface area (Å²) in [5.74, 6) is 1.87. The van der Waals surface area contributed by atoms with Crippen molar-refractivity contribution in [3.05, 3.63) is 65.7 Å². The number of hydrogen-bond donors (Lipinski definition) is 3. The molecular formula is C34H47N3O6. The van der Waals surface area contributed by atoms with Gasteiger partial charge < -0.3 is 44.3 Å². The first-order valence-corrected chi connectivity index (χ1v) is 15.5. The molecule has 2 aliphatic rings. The summed E-state index contributed by atoms with van der Waals surface area (Å²) in [6.45, 7) is 8.72. The molecule has 3 aromatic rings. The molecule has 0 aliphatic carbocycles. The summed E-state index contributed by atoms with van der Waals surface area (Å²) in [6, 6.07) is 17.8. The van der Waals surface area contributed by atoms with E-state index in [-0.39, 0.29) is 30.1 Å². The molecule has 0 spiro atoms. The van der Waals surface area contributed by atoms with E-state index in [1.165, 1.54) is 0 Å². The fraction of sp³-hybridized carbons (Fsp3) is 0.529. The van der Waals surface area contributed by atoms with Crippen LogP contribution in [0.25, 0.3) is 10.8 Å². The molecule has 2 heterocycles. The molecular weight excluding hydrogens is 546 g/mol. The summed E-state index contributed by atoms with van der Waals surface area (Å²) >= 11 is 0. The Hall–Kier alpha value is -2.92. The van der Waals surface area contributed by atoms with Crippen LogP contribution in [0.5, 0.6) is 17.2 Å². The molecule has 43 heavy (non-hydrogen) atoms. The van der Waals surface area contributed by atoms with E-state index in [0.29, 0.717) is 33.0 Å². The van der Waals surface area contributed by atoms with Gasteiger partial charge in [0.05, 0.1) is 38.6 Å². The number of likely N-dealkylation sites (N-methyl/N-ethyl adjacent to an activating group) is 1. The Morgan fingerprint density at radius 1 is 0.977 bits per heavy atom. The molecule has 2 fully saturated rings. The number of ether oxygens (including phenoxy) is 5. The van der Waals surface area contributed by atoms with E-state index in [4.69, 9.17) is 23.7 Å². The highest BCUT2D eigenvalue weighted by atomic mass is 16.5. The van der Waals surface area contributed by atoms with Crippen molar-refractivity contribution in [2.45, 2.75) is 57.3 Å². The topological polar surface area (TPSA) is 93.7 Å². The third kappa shape index (κ3) is 8.59. The number of nitrogens with zero attached hydrogens (tertiary/aromatic N) is 1. The van der Waals surface area contributed by atoms with Gasteiger partial charge in [-0.3, -0.25) is 0 Å². The Morgan fingerprint density at radius 3 is 2.72 bits per heavy atom. The number of aromatic hydroxyl groups is 1. The Bertz CT molecular complexity index is 1310. The monoisotopic (exact) mass is 593 g/mol. The van der Waals surface area contributed by atoms with E-state index < -0.39 is 0 Å². The maximum atomic E-state index is 10.8. The first-order valence-electron chi connectivity index (χ1n) is 15.5. The van der Waals surface area contributed by atoms with Gasteiger partial charge in [-0.05, 0) is 68.6 Å². The molecule has 2 aliphatic heterocycles. The lowest BCUT2D eigenvalue weighted by molar-refractivity contribution is -0.0937. The lowest BCUT2D eigenvalue weighted by atomic mass is 10.0. The molecule has 9 nitrogen and oxygen atoms in total. The Balaban J connectivity index is 1.16. The number of hydrogen-bond acceptors (Lipinski definition) is 9. The summed E-state index contributed by atoms with van der Waals surface area (Å²) in [7, 11) is 3.82. The number of methoxy groups -OCH3 is 1. The quantitative estimate of drug-likeness (QED) is 0.239. The molecule has 0 saturated carbocycles. The minimum atomic E-state index is -0.102. The van der Waals surface area contributed by atoms with Crippen molar-refractivity contribution >= 4 is 10.8 Å². The molecule has 3 aromatic carbocycles. The van der Waals surface area contributed by atoms with Gasteiger partial charge in [-0.1, -0.05) is 30.3 Å². The van der Waals surface area contributed by atoms with Crippen LogP contribution in [0.1, 0.15) is 30.9 Å². The van der Waals surface area contributed by atoms with Gasteiger partial charge in [-0.15, -0.1) is 0 Å². The first-order chi connectivity index (χ1) is 21.0. The van der Waals surface area contributed by atoms with Crippen LogP contribution in [0.2, 0.25) is 0 Å². The summed E-state index contributed by atoms with van der Waals surface area (Å²) in [5.41, 5.74) is 1.94. The highest BCUT2D eigenvalue weighted by molar-refractivity contribution is 5.92. The fourth-order valence-corrected chi connectivity index (χ4v) is 5.95. The van der Waals surface area contributed by atoms with Gasteiger partial charge in [0, 0.05) is 50.3 Å². The van der Waals surface area contributed by atoms with E-state index >= 15 is 0 Å². The van der Waals surface area contributed by atoms with E-state index in [1.807, 2.05) is 48.5 Å². The second-order valence-electron chi connectivity index (χ2n) is 11.6. The molecule has 4 atom stereocenters. The van der Waals surface area contributed by atoms with Crippen LogP contribution in [-0.2, 0) is 27.4 Å². The van der Waals surface area contributed by atoms with Gasteiger partial charge in [-0.2, -0.15) is 0 Å². The number of rotatable bonds is 14. The van der Waals surface area contributed by atoms with Crippen molar-refractivity contribution in [1.82, 2.24) is 15.5 Å². The Kier molecular flexibility index (Phi) is 11.5. The molecule has 234 valence electrons. The van der Waals surface area contributed by atoms with Crippen molar-refractivity contribution in [3.63, 3.8) is 0 Å². The Morgan fingerprint density at radius 2 is 1.86 bits per heavy atom. The van der Waals surface area contributed by atoms with Crippen molar-refractivity contribution in [2.24, 2.45) is 0 Å². The fourth-order valence-electron chi connectivity index (χ4n) is 5.95. The maximum Gasteiger partial charge on any atom is 0.124 e. The molecule has 5 rings (SSSR count). The highest BCUT2D eigenvalue weighted by Crippen LogP contribution is 2.33. The number of para-hydroxylation sites is 1. The van der Waals surface area contributed by atoms with Gasteiger partial charge >= 0.3 is 0 Å². The highest BCUT2D eigenvalue weighted by Gasteiger charge is 2.27. The smallest absolute Gasteiger partial charge is 0.124 e. The molecule has 0 aromatic heterocycles. The van der Waals surface area contributed by atoms with E-state index in [9.17, 15) is 5.11 Å². The van der Waals surface area contributed by atoms with Crippen molar-refractivity contribution < 1.29 is 28.8 Å². The average molecular weight is 594 g/mol. The maximum absolute atomic E-state index is 10.8. The number of phenolic OH excluding ortho intramolecular Hbond substituents is 1. The van der Waals surface area contributed by atoms with Crippen molar-refractivity contribution in [3.8, 4) is 17.2 Å². The van der Waals surface area contributed by atoms with Crippen LogP contribution in [0, 0.1) is 0 Å². The minimum absolute atomic E-state index is 0.00898. The van der Waals surface area contributed by atoms with Gasteiger partial charge in [0.15, 0.2) is 0 Å². The molecule has 2 saturated heterocycles. The molecule has 0 radical (unpaired) electrons. The number of fused-ring (bicyclic) bond motifs is 1. The Labute approximate surface area is 255 Å². The number of phenols is 1. The largest absolute Gasteiger partial charge is 0.507 e. The number of benzene rings is 3. The van der Waals surface area contributed by atoms with Crippen LogP contribution >= 0.6 is 0 Å². The molecule has 0 bridgehead atoms. The second kappa shape index (κ2) is 15.7. The van der Waals surface area contributed by atoms with Crippen LogP contribution in [-0.4, -0.2) is 94.5 Å². The van der Waals surface area contributed by atoms with Crippen LogP contribution in [0.4, 0.5) is 0 Å².